The fraction of sp³-hybridized carbons (Fsp3) is 0.588. The second-order valence-electron chi connectivity index (χ2n) is 6.71. The summed E-state index contributed by atoms with van der Waals surface area (Å²) in [5, 5.41) is 3.45. The van der Waals surface area contributed by atoms with Crippen molar-refractivity contribution in [3.63, 3.8) is 0 Å². The van der Waals surface area contributed by atoms with Gasteiger partial charge < -0.3 is 15.0 Å². The van der Waals surface area contributed by atoms with E-state index < -0.39 is 0 Å². The van der Waals surface area contributed by atoms with Crippen molar-refractivity contribution in [2.75, 3.05) is 26.7 Å². The molecule has 0 aliphatic carbocycles. The van der Waals surface area contributed by atoms with Gasteiger partial charge in [-0.2, -0.15) is 0 Å². The Bertz CT molecular complexity index is 524. The number of likely N-dealkylation sites (tertiary alicyclic amines) is 1. The van der Waals surface area contributed by atoms with E-state index in [9.17, 15) is 4.79 Å². The number of carbonyl (C=O) groups is 1. The smallest absolute Gasteiger partial charge is 0.227 e. The first-order chi connectivity index (χ1) is 10.0. The molecule has 0 spiro atoms. The van der Waals surface area contributed by atoms with Gasteiger partial charge in [0.2, 0.25) is 5.91 Å². The van der Waals surface area contributed by atoms with Crippen LogP contribution in [0.1, 0.15) is 19.4 Å². The lowest BCUT2D eigenvalue weighted by atomic mass is 9.85. The SMILES string of the molecule is COc1ccc(CC(=O)N2CC3CNCC3C2(C)C)cc1. The number of benzene rings is 1. The fourth-order valence-corrected chi connectivity index (χ4v) is 3.86. The molecule has 1 N–H and O–H groups in total. The highest BCUT2D eigenvalue weighted by atomic mass is 16.5. The third kappa shape index (κ3) is 2.53. The maximum absolute atomic E-state index is 12.7. The van der Waals surface area contributed by atoms with Gasteiger partial charge in [-0.25, -0.2) is 0 Å². The van der Waals surface area contributed by atoms with E-state index in [1.807, 2.05) is 24.3 Å². The molecule has 1 aromatic rings. The normalized spacial score (nSPS) is 26.7. The summed E-state index contributed by atoms with van der Waals surface area (Å²) in [6.45, 7) is 7.37. The molecule has 0 aromatic heterocycles. The monoisotopic (exact) mass is 288 g/mol. The van der Waals surface area contributed by atoms with Crippen molar-refractivity contribution in [2.24, 2.45) is 11.8 Å². The van der Waals surface area contributed by atoms with Crippen molar-refractivity contribution in [1.82, 2.24) is 10.2 Å². The molecule has 2 aliphatic rings. The van der Waals surface area contributed by atoms with Gasteiger partial charge in [0.15, 0.2) is 0 Å². The first kappa shape index (κ1) is 14.4. The van der Waals surface area contributed by atoms with Crippen LogP contribution in [-0.2, 0) is 11.2 Å². The molecule has 1 aromatic carbocycles. The van der Waals surface area contributed by atoms with E-state index in [2.05, 4.69) is 24.1 Å². The minimum absolute atomic E-state index is 0.0439. The van der Waals surface area contributed by atoms with Crippen LogP contribution in [-0.4, -0.2) is 43.1 Å². The van der Waals surface area contributed by atoms with E-state index in [1.54, 1.807) is 7.11 Å². The zero-order chi connectivity index (χ0) is 15.0. The van der Waals surface area contributed by atoms with Crippen LogP contribution in [0.3, 0.4) is 0 Å². The summed E-state index contributed by atoms with van der Waals surface area (Å²) in [6, 6.07) is 7.77. The van der Waals surface area contributed by atoms with E-state index in [1.165, 1.54) is 0 Å². The summed E-state index contributed by atoms with van der Waals surface area (Å²) in [5.74, 6) is 2.25. The summed E-state index contributed by atoms with van der Waals surface area (Å²) in [7, 11) is 1.65. The summed E-state index contributed by atoms with van der Waals surface area (Å²) in [6.07, 6.45) is 0.473. The first-order valence-electron chi connectivity index (χ1n) is 7.66. The van der Waals surface area contributed by atoms with E-state index in [0.717, 1.165) is 30.9 Å². The number of methoxy groups -OCH3 is 1. The average molecular weight is 288 g/mol. The first-order valence-corrected chi connectivity index (χ1v) is 7.66. The largest absolute Gasteiger partial charge is 0.497 e. The van der Waals surface area contributed by atoms with E-state index in [-0.39, 0.29) is 11.4 Å². The molecule has 4 nitrogen and oxygen atoms in total. The molecule has 114 valence electrons. The number of nitrogens with one attached hydrogen (secondary N) is 1. The quantitative estimate of drug-likeness (QED) is 0.920. The summed E-state index contributed by atoms with van der Waals surface area (Å²) in [5.41, 5.74) is 1.00. The van der Waals surface area contributed by atoms with Crippen LogP contribution in [0.25, 0.3) is 0 Å². The Balaban J connectivity index is 1.70. The number of hydrogen-bond donors (Lipinski definition) is 1. The predicted octanol–water partition coefficient (Wildman–Crippen LogP) is 1.69. The highest BCUT2D eigenvalue weighted by Crippen LogP contribution is 2.40. The summed E-state index contributed by atoms with van der Waals surface area (Å²) in [4.78, 5) is 14.8. The molecule has 4 heteroatoms. The lowest BCUT2D eigenvalue weighted by molar-refractivity contribution is -0.134. The third-order valence-corrected chi connectivity index (χ3v) is 5.18. The number of hydrogen-bond acceptors (Lipinski definition) is 3. The molecule has 2 aliphatic heterocycles. The Morgan fingerprint density at radius 1 is 1.33 bits per heavy atom. The van der Waals surface area contributed by atoms with E-state index in [0.29, 0.717) is 18.3 Å². The van der Waals surface area contributed by atoms with Crippen LogP contribution in [0, 0.1) is 11.8 Å². The van der Waals surface area contributed by atoms with E-state index in [4.69, 9.17) is 4.74 Å². The maximum Gasteiger partial charge on any atom is 0.227 e. The Morgan fingerprint density at radius 2 is 2.05 bits per heavy atom. The third-order valence-electron chi connectivity index (χ3n) is 5.18. The number of carbonyl (C=O) groups excluding carboxylic acids is 1. The minimum atomic E-state index is -0.0439. The van der Waals surface area contributed by atoms with Crippen molar-refractivity contribution < 1.29 is 9.53 Å². The molecule has 0 radical (unpaired) electrons. The van der Waals surface area contributed by atoms with Gasteiger partial charge in [0.1, 0.15) is 5.75 Å². The zero-order valence-corrected chi connectivity index (χ0v) is 13.1. The molecule has 2 atom stereocenters. The Morgan fingerprint density at radius 3 is 2.67 bits per heavy atom. The Kier molecular flexibility index (Phi) is 3.66. The molecule has 2 unspecified atom stereocenters. The molecule has 0 bridgehead atoms. The molecule has 2 heterocycles. The van der Waals surface area contributed by atoms with Crippen LogP contribution in [0.4, 0.5) is 0 Å². The molecule has 0 saturated carbocycles. The maximum atomic E-state index is 12.7. The van der Waals surface area contributed by atoms with Crippen LogP contribution in [0.2, 0.25) is 0 Å². The molecular weight excluding hydrogens is 264 g/mol. The van der Waals surface area contributed by atoms with Gasteiger partial charge >= 0.3 is 0 Å². The standard InChI is InChI=1S/C17H24N2O2/c1-17(2)15-10-18-9-13(15)11-19(17)16(20)8-12-4-6-14(21-3)7-5-12/h4-7,13,15,18H,8-11H2,1-3H3. The summed E-state index contributed by atoms with van der Waals surface area (Å²) >= 11 is 0. The highest BCUT2D eigenvalue weighted by molar-refractivity contribution is 5.80. The Labute approximate surface area is 126 Å². The topological polar surface area (TPSA) is 41.6 Å². The van der Waals surface area contributed by atoms with Crippen molar-refractivity contribution in [3.8, 4) is 5.75 Å². The van der Waals surface area contributed by atoms with Crippen molar-refractivity contribution in [2.45, 2.75) is 25.8 Å². The number of nitrogens with zero attached hydrogens (tertiary/aromatic N) is 1. The highest BCUT2D eigenvalue weighted by Gasteiger charge is 2.50. The predicted molar refractivity (Wildman–Crippen MR) is 82.3 cm³/mol. The lowest BCUT2D eigenvalue weighted by Gasteiger charge is -2.35. The lowest BCUT2D eigenvalue weighted by Crippen LogP contribution is -2.48. The van der Waals surface area contributed by atoms with Gasteiger partial charge in [-0.1, -0.05) is 12.1 Å². The fourth-order valence-electron chi connectivity index (χ4n) is 3.86. The van der Waals surface area contributed by atoms with E-state index >= 15 is 0 Å². The zero-order valence-electron chi connectivity index (χ0n) is 13.1. The van der Waals surface area contributed by atoms with Gasteiger partial charge in [-0.05, 0) is 43.4 Å². The van der Waals surface area contributed by atoms with Gasteiger partial charge in [0, 0.05) is 25.2 Å². The average Bonchev–Trinajstić information content (AvgIpc) is 3.02. The number of fused-ring (bicyclic) bond motifs is 1. The van der Waals surface area contributed by atoms with Crippen molar-refractivity contribution >= 4 is 5.91 Å². The molecule has 2 saturated heterocycles. The van der Waals surface area contributed by atoms with Gasteiger partial charge in [0.05, 0.1) is 13.5 Å². The van der Waals surface area contributed by atoms with Crippen LogP contribution < -0.4 is 10.1 Å². The number of ether oxygens (including phenoxy) is 1. The van der Waals surface area contributed by atoms with Crippen LogP contribution in [0.5, 0.6) is 5.75 Å². The second-order valence-corrected chi connectivity index (χ2v) is 6.71. The molecular formula is C17H24N2O2. The number of amides is 1. The van der Waals surface area contributed by atoms with Crippen molar-refractivity contribution in [3.05, 3.63) is 29.8 Å². The number of rotatable bonds is 3. The minimum Gasteiger partial charge on any atom is -0.497 e. The van der Waals surface area contributed by atoms with Crippen LogP contribution >= 0.6 is 0 Å². The molecule has 1 amide bonds. The van der Waals surface area contributed by atoms with Gasteiger partial charge in [-0.3, -0.25) is 4.79 Å². The van der Waals surface area contributed by atoms with Gasteiger partial charge in [0.25, 0.3) is 0 Å². The summed E-state index contributed by atoms with van der Waals surface area (Å²) < 4.78 is 5.16. The second kappa shape index (κ2) is 5.34. The molecule has 21 heavy (non-hydrogen) atoms. The van der Waals surface area contributed by atoms with Crippen LogP contribution in [0.15, 0.2) is 24.3 Å². The molecule has 3 rings (SSSR count). The van der Waals surface area contributed by atoms with Gasteiger partial charge in [-0.15, -0.1) is 0 Å². The Hall–Kier alpha value is -1.55. The van der Waals surface area contributed by atoms with Crippen molar-refractivity contribution in [1.29, 1.82) is 0 Å². The molecule has 2 fully saturated rings.